The number of hydrogen-bond acceptors (Lipinski definition) is 3. The third-order valence-corrected chi connectivity index (χ3v) is 3.14. The highest BCUT2D eigenvalue weighted by atomic mass is 79.9. The number of nitrogens with zero attached hydrogens (tertiary/aromatic N) is 1. The zero-order chi connectivity index (χ0) is 8.89. The van der Waals surface area contributed by atoms with Crippen molar-refractivity contribution < 1.29 is 0 Å². The third kappa shape index (κ3) is 1.20. The Morgan fingerprint density at radius 3 is 3.08 bits per heavy atom. The van der Waals surface area contributed by atoms with Crippen molar-refractivity contribution in [2.24, 2.45) is 0 Å². The molecule has 3 nitrogen and oxygen atoms in total. The smallest absolute Gasteiger partial charge is 0.149 e. The Kier molecular flexibility index (Phi) is 1.39. The quantitative estimate of drug-likeness (QED) is 0.730. The lowest BCUT2D eigenvalue weighted by molar-refractivity contribution is 0.747. The van der Waals surface area contributed by atoms with Gasteiger partial charge in [-0.15, -0.1) is 0 Å². The summed E-state index contributed by atoms with van der Waals surface area (Å²) in [7, 11) is 0. The second-order valence-corrected chi connectivity index (χ2v) is 4.72. The second-order valence-electron chi connectivity index (χ2n) is 3.81. The normalized spacial score (nSPS) is 21.6. The van der Waals surface area contributed by atoms with Crippen LogP contribution < -0.4 is 10.6 Å². The van der Waals surface area contributed by atoms with E-state index in [4.69, 9.17) is 0 Å². The van der Waals surface area contributed by atoms with Gasteiger partial charge in [0.2, 0.25) is 0 Å². The zero-order valence-corrected chi connectivity index (χ0v) is 8.69. The second kappa shape index (κ2) is 2.38. The van der Waals surface area contributed by atoms with Crippen LogP contribution in [-0.4, -0.2) is 17.1 Å². The van der Waals surface area contributed by atoms with E-state index in [9.17, 15) is 0 Å². The van der Waals surface area contributed by atoms with Crippen LogP contribution in [0.1, 0.15) is 12.8 Å². The highest BCUT2D eigenvalue weighted by Gasteiger charge is 2.45. The van der Waals surface area contributed by atoms with Gasteiger partial charge < -0.3 is 10.6 Å². The number of nitrogens with one attached hydrogen (secondary N) is 2. The van der Waals surface area contributed by atoms with E-state index in [2.05, 4.69) is 37.6 Å². The number of aromatic nitrogens is 1. The molecule has 0 bridgehead atoms. The van der Waals surface area contributed by atoms with Crippen LogP contribution in [0, 0.1) is 0 Å². The molecule has 0 amide bonds. The Morgan fingerprint density at radius 1 is 1.46 bits per heavy atom. The fraction of sp³-hybridized carbons (Fsp3) is 0.444. The maximum Gasteiger partial charge on any atom is 0.149 e. The maximum atomic E-state index is 4.33. The van der Waals surface area contributed by atoms with E-state index in [1.165, 1.54) is 12.8 Å². The molecule has 0 aromatic carbocycles. The van der Waals surface area contributed by atoms with Crippen molar-refractivity contribution in [1.82, 2.24) is 4.98 Å². The first-order valence-electron chi connectivity index (χ1n) is 4.45. The van der Waals surface area contributed by atoms with E-state index in [0.29, 0.717) is 5.54 Å². The Balaban J connectivity index is 2.00. The van der Waals surface area contributed by atoms with Crippen LogP contribution in [-0.2, 0) is 0 Å². The van der Waals surface area contributed by atoms with Gasteiger partial charge in [-0.3, -0.25) is 0 Å². The molecule has 1 aromatic rings. The van der Waals surface area contributed by atoms with Crippen LogP contribution in [0.5, 0.6) is 0 Å². The molecule has 1 aliphatic carbocycles. The Hall–Kier alpha value is -0.770. The molecule has 0 radical (unpaired) electrons. The van der Waals surface area contributed by atoms with Gasteiger partial charge in [0.15, 0.2) is 0 Å². The van der Waals surface area contributed by atoms with Crippen LogP contribution in [0.3, 0.4) is 0 Å². The van der Waals surface area contributed by atoms with E-state index in [1.807, 2.05) is 6.20 Å². The number of anilines is 2. The van der Waals surface area contributed by atoms with Crippen molar-refractivity contribution in [2.75, 3.05) is 17.2 Å². The number of halogens is 1. The molecule has 0 atom stereocenters. The standard InChI is InChI=1S/C9H10BrN3/c10-6-3-7-8(11-4-6)13-9(1-2-9)5-12-7/h3-4,12H,1-2,5H2,(H,11,13). The Morgan fingerprint density at radius 2 is 2.31 bits per heavy atom. The Bertz CT molecular complexity index is 360. The molecule has 2 heterocycles. The van der Waals surface area contributed by atoms with Crippen molar-refractivity contribution in [3.05, 3.63) is 16.7 Å². The van der Waals surface area contributed by atoms with Gasteiger partial charge in [-0.1, -0.05) is 0 Å². The summed E-state index contributed by atoms with van der Waals surface area (Å²) < 4.78 is 1.02. The molecule has 2 aliphatic rings. The summed E-state index contributed by atoms with van der Waals surface area (Å²) in [5.74, 6) is 0.993. The van der Waals surface area contributed by atoms with Crippen LogP contribution in [0.25, 0.3) is 0 Å². The summed E-state index contributed by atoms with van der Waals surface area (Å²) in [6.07, 6.45) is 4.35. The largest absolute Gasteiger partial charge is 0.380 e. The lowest BCUT2D eigenvalue weighted by Gasteiger charge is -2.27. The lowest BCUT2D eigenvalue weighted by atomic mass is 10.2. The lowest BCUT2D eigenvalue weighted by Crippen LogP contribution is -2.35. The van der Waals surface area contributed by atoms with E-state index < -0.39 is 0 Å². The molecule has 1 aliphatic heterocycles. The molecule has 1 saturated carbocycles. The first-order chi connectivity index (χ1) is 6.27. The first kappa shape index (κ1) is 7.62. The van der Waals surface area contributed by atoms with Crippen molar-refractivity contribution >= 4 is 27.4 Å². The minimum Gasteiger partial charge on any atom is -0.380 e. The summed E-state index contributed by atoms with van der Waals surface area (Å²) in [4.78, 5) is 4.33. The summed E-state index contributed by atoms with van der Waals surface area (Å²) in [6, 6.07) is 2.06. The highest BCUT2D eigenvalue weighted by molar-refractivity contribution is 9.10. The minimum absolute atomic E-state index is 0.327. The molecule has 2 N–H and O–H groups in total. The molecular formula is C9H10BrN3. The van der Waals surface area contributed by atoms with Crippen molar-refractivity contribution in [2.45, 2.75) is 18.4 Å². The van der Waals surface area contributed by atoms with Gasteiger partial charge in [0.1, 0.15) is 5.82 Å². The van der Waals surface area contributed by atoms with E-state index in [-0.39, 0.29) is 0 Å². The molecule has 1 spiro atoms. The van der Waals surface area contributed by atoms with Gasteiger partial charge in [-0.05, 0) is 34.8 Å². The van der Waals surface area contributed by atoms with Gasteiger partial charge >= 0.3 is 0 Å². The van der Waals surface area contributed by atoms with Crippen LogP contribution in [0.15, 0.2) is 16.7 Å². The molecule has 4 heteroatoms. The summed E-state index contributed by atoms with van der Waals surface area (Å²) in [5, 5.41) is 6.88. The predicted octanol–water partition coefficient (Wildman–Crippen LogP) is 2.21. The molecule has 1 fully saturated rings. The third-order valence-electron chi connectivity index (χ3n) is 2.71. The van der Waals surface area contributed by atoms with Gasteiger partial charge in [-0.2, -0.15) is 0 Å². The average Bonchev–Trinajstić information content (AvgIpc) is 2.87. The van der Waals surface area contributed by atoms with Crippen LogP contribution >= 0.6 is 15.9 Å². The number of fused-ring (bicyclic) bond motifs is 1. The SMILES string of the molecule is Brc1cnc2c(c1)NCC1(CC1)N2. The maximum absolute atomic E-state index is 4.33. The topological polar surface area (TPSA) is 37.0 Å². The molecular weight excluding hydrogens is 230 g/mol. The minimum atomic E-state index is 0.327. The summed E-state index contributed by atoms with van der Waals surface area (Å²) in [5.41, 5.74) is 1.43. The molecule has 13 heavy (non-hydrogen) atoms. The Labute approximate surface area is 85.1 Å². The van der Waals surface area contributed by atoms with Gasteiger partial charge in [0.25, 0.3) is 0 Å². The van der Waals surface area contributed by atoms with Crippen molar-refractivity contribution in [3.8, 4) is 0 Å². The first-order valence-corrected chi connectivity index (χ1v) is 5.24. The molecule has 1 aromatic heterocycles. The van der Waals surface area contributed by atoms with Crippen LogP contribution in [0.2, 0.25) is 0 Å². The average molecular weight is 240 g/mol. The van der Waals surface area contributed by atoms with Crippen molar-refractivity contribution in [1.29, 1.82) is 0 Å². The summed E-state index contributed by atoms with van der Waals surface area (Å²) in [6.45, 7) is 1.03. The van der Waals surface area contributed by atoms with Gasteiger partial charge in [-0.25, -0.2) is 4.98 Å². The number of hydrogen-bond donors (Lipinski definition) is 2. The molecule has 3 rings (SSSR count). The van der Waals surface area contributed by atoms with Crippen molar-refractivity contribution in [3.63, 3.8) is 0 Å². The fourth-order valence-corrected chi connectivity index (χ4v) is 2.02. The highest BCUT2D eigenvalue weighted by Crippen LogP contribution is 2.43. The van der Waals surface area contributed by atoms with E-state index >= 15 is 0 Å². The van der Waals surface area contributed by atoms with Gasteiger partial charge in [0.05, 0.1) is 11.2 Å². The molecule has 0 saturated heterocycles. The fourth-order valence-electron chi connectivity index (χ4n) is 1.69. The van der Waals surface area contributed by atoms with E-state index in [0.717, 1.165) is 22.5 Å². The number of rotatable bonds is 0. The monoisotopic (exact) mass is 239 g/mol. The number of pyridine rings is 1. The molecule has 68 valence electrons. The predicted molar refractivity (Wildman–Crippen MR) is 56.0 cm³/mol. The summed E-state index contributed by atoms with van der Waals surface area (Å²) >= 11 is 3.40. The van der Waals surface area contributed by atoms with Gasteiger partial charge in [0, 0.05) is 17.2 Å². The zero-order valence-electron chi connectivity index (χ0n) is 7.10. The van der Waals surface area contributed by atoms with Crippen LogP contribution in [0.4, 0.5) is 11.5 Å². The van der Waals surface area contributed by atoms with E-state index in [1.54, 1.807) is 0 Å². The molecule has 0 unspecified atom stereocenters.